The van der Waals surface area contributed by atoms with Crippen LogP contribution in [0.4, 0.5) is 4.79 Å². The molecule has 0 radical (unpaired) electrons. The second-order valence-corrected chi connectivity index (χ2v) is 6.98. The quantitative estimate of drug-likeness (QED) is 0.750. The molecule has 1 saturated heterocycles. The molecule has 0 aliphatic carbocycles. The molecule has 2 aromatic carbocycles. The number of rotatable bonds is 7. The Morgan fingerprint density at radius 2 is 1.66 bits per heavy atom. The molecule has 0 aromatic heterocycles. The van der Waals surface area contributed by atoms with Gasteiger partial charge in [0, 0.05) is 13.0 Å². The summed E-state index contributed by atoms with van der Waals surface area (Å²) in [7, 11) is 0. The van der Waals surface area contributed by atoms with Gasteiger partial charge in [-0.2, -0.15) is 0 Å². The molecule has 0 bridgehead atoms. The number of carbonyl (C=O) groups excluding carboxylic acids is 2. The van der Waals surface area contributed by atoms with Crippen LogP contribution < -0.4 is 5.32 Å². The highest BCUT2D eigenvalue weighted by Gasteiger charge is 2.36. The van der Waals surface area contributed by atoms with Gasteiger partial charge >= 0.3 is 12.1 Å². The number of amides is 2. The number of nitrogens with one attached hydrogen (secondary N) is 1. The Bertz CT molecular complexity index is 841. The Morgan fingerprint density at radius 1 is 1.03 bits per heavy atom. The molecule has 152 valence electrons. The summed E-state index contributed by atoms with van der Waals surface area (Å²) in [6.07, 6.45) is 0.743. The number of ether oxygens (including phenoxy) is 1. The van der Waals surface area contributed by atoms with Crippen LogP contribution >= 0.6 is 0 Å². The summed E-state index contributed by atoms with van der Waals surface area (Å²) in [4.78, 5) is 38.2. The average Bonchev–Trinajstić information content (AvgIpc) is 3.23. The Labute approximate surface area is 169 Å². The fourth-order valence-electron chi connectivity index (χ4n) is 3.38. The molecule has 0 saturated carbocycles. The van der Waals surface area contributed by atoms with Crippen LogP contribution in [0, 0.1) is 0 Å². The van der Waals surface area contributed by atoms with Crippen molar-refractivity contribution >= 4 is 18.0 Å². The van der Waals surface area contributed by atoms with E-state index in [-0.39, 0.29) is 13.0 Å². The van der Waals surface area contributed by atoms with Gasteiger partial charge in [-0.3, -0.25) is 9.69 Å². The average molecular weight is 396 g/mol. The number of carboxylic acids is 1. The highest BCUT2D eigenvalue weighted by atomic mass is 16.6. The standard InChI is InChI=1S/C22H24N2O5/c25-20(23-18(21(26)27)14-16-8-3-1-4-9-16)19-12-7-13-24(19)22(28)29-15-17-10-5-2-6-11-17/h1-6,8-11,18-19H,7,12-15H2,(H,23,25)(H,26,27). The molecular weight excluding hydrogens is 372 g/mol. The summed E-state index contributed by atoms with van der Waals surface area (Å²) in [6.45, 7) is 0.526. The van der Waals surface area contributed by atoms with E-state index in [0.29, 0.717) is 19.4 Å². The topological polar surface area (TPSA) is 95.9 Å². The van der Waals surface area contributed by atoms with Crippen molar-refractivity contribution in [3.05, 3.63) is 71.8 Å². The highest BCUT2D eigenvalue weighted by molar-refractivity contribution is 5.89. The molecule has 0 spiro atoms. The fraction of sp³-hybridized carbons (Fsp3) is 0.318. The summed E-state index contributed by atoms with van der Waals surface area (Å²) in [5.41, 5.74) is 1.67. The molecule has 7 nitrogen and oxygen atoms in total. The third-order valence-corrected chi connectivity index (χ3v) is 4.89. The molecule has 29 heavy (non-hydrogen) atoms. The second-order valence-electron chi connectivity index (χ2n) is 6.98. The number of hydrogen-bond donors (Lipinski definition) is 2. The van der Waals surface area contributed by atoms with Crippen molar-refractivity contribution in [2.45, 2.75) is 38.0 Å². The van der Waals surface area contributed by atoms with Gasteiger partial charge in [0.05, 0.1) is 0 Å². The largest absolute Gasteiger partial charge is 0.480 e. The Kier molecular flexibility index (Phi) is 6.84. The first kappa shape index (κ1) is 20.4. The van der Waals surface area contributed by atoms with Gasteiger partial charge < -0.3 is 15.2 Å². The van der Waals surface area contributed by atoms with E-state index in [4.69, 9.17) is 4.74 Å². The van der Waals surface area contributed by atoms with E-state index < -0.39 is 30.1 Å². The van der Waals surface area contributed by atoms with Crippen LogP contribution in [0.15, 0.2) is 60.7 Å². The minimum Gasteiger partial charge on any atom is -0.480 e. The summed E-state index contributed by atoms with van der Waals surface area (Å²) < 4.78 is 5.33. The van der Waals surface area contributed by atoms with Crippen LogP contribution in [0.25, 0.3) is 0 Å². The number of benzene rings is 2. The van der Waals surface area contributed by atoms with Crippen molar-refractivity contribution in [3.8, 4) is 0 Å². The molecule has 1 fully saturated rings. The van der Waals surface area contributed by atoms with Crippen molar-refractivity contribution in [3.63, 3.8) is 0 Å². The fourth-order valence-corrected chi connectivity index (χ4v) is 3.38. The number of carboxylic acid groups (broad SMARTS) is 1. The number of hydrogen-bond acceptors (Lipinski definition) is 4. The maximum absolute atomic E-state index is 12.7. The predicted octanol–water partition coefficient (Wildman–Crippen LogP) is 2.60. The van der Waals surface area contributed by atoms with Gasteiger partial charge in [-0.25, -0.2) is 9.59 Å². The summed E-state index contributed by atoms with van der Waals surface area (Å²) >= 11 is 0. The van der Waals surface area contributed by atoms with E-state index >= 15 is 0 Å². The Balaban J connectivity index is 1.59. The van der Waals surface area contributed by atoms with Gasteiger partial charge in [0.15, 0.2) is 0 Å². The van der Waals surface area contributed by atoms with E-state index in [1.165, 1.54) is 4.90 Å². The van der Waals surface area contributed by atoms with Gasteiger partial charge in [-0.1, -0.05) is 60.7 Å². The first-order valence-electron chi connectivity index (χ1n) is 9.59. The molecule has 2 aromatic rings. The zero-order valence-electron chi connectivity index (χ0n) is 16.0. The molecule has 2 amide bonds. The normalized spacial score (nSPS) is 16.8. The summed E-state index contributed by atoms with van der Waals surface area (Å²) in [5.74, 6) is -1.58. The minimum absolute atomic E-state index is 0.121. The lowest BCUT2D eigenvalue weighted by molar-refractivity contribution is -0.142. The smallest absolute Gasteiger partial charge is 0.410 e. The van der Waals surface area contributed by atoms with Crippen LogP contribution in [0.3, 0.4) is 0 Å². The lowest BCUT2D eigenvalue weighted by Gasteiger charge is -2.25. The molecule has 1 heterocycles. The molecule has 1 aliphatic rings. The molecule has 3 rings (SSSR count). The van der Waals surface area contributed by atoms with Crippen LogP contribution in [0.5, 0.6) is 0 Å². The van der Waals surface area contributed by atoms with Gasteiger partial charge in [0.25, 0.3) is 0 Å². The number of aliphatic carboxylic acids is 1. The molecular formula is C22H24N2O5. The van der Waals surface area contributed by atoms with Gasteiger partial charge in [0.1, 0.15) is 18.7 Å². The van der Waals surface area contributed by atoms with Crippen LogP contribution in [-0.4, -0.2) is 46.6 Å². The Hall–Kier alpha value is -3.35. The van der Waals surface area contributed by atoms with Crippen LogP contribution in [0.2, 0.25) is 0 Å². The highest BCUT2D eigenvalue weighted by Crippen LogP contribution is 2.19. The van der Waals surface area contributed by atoms with E-state index in [9.17, 15) is 19.5 Å². The predicted molar refractivity (Wildman–Crippen MR) is 106 cm³/mol. The molecule has 1 aliphatic heterocycles. The van der Waals surface area contributed by atoms with E-state index in [1.54, 1.807) is 0 Å². The maximum Gasteiger partial charge on any atom is 0.410 e. The van der Waals surface area contributed by atoms with Gasteiger partial charge in [-0.05, 0) is 24.0 Å². The van der Waals surface area contributed by atoms with Crippen LogP contribution in [0.1, 0.15) is 24.0 Å². The zero-order valence-corrected chi connectivity index (χ0v) is 16.0. The first-order chi connectivity index (χ1) is 14.0. The lowest BCUT2D eigenvalue weighted by Crippen LogP contribution is -2.51. The Morgan fingerprint density at radius 3 is 2.28 bits per heavy atom. The molecule has 2 unspecified atom stereocenters. The lowest BCUT2D eigenvalue weighted by atomic mass is 10.1. The first-order valence-corrected chi connectivity index (χ1v) is 9.59. The second kappa shape index (κ2) is 9.73. The zero-order chi connectivity index (χ0) is 20.6. The van der Waals surface area contributed by atoms with Crippen LogP contribution in [-0.2, 0) is 27.4 Å². The number of carbonyl (C=O) groups is 3. The third-order valence-electron chi connectivity index (χ3n) is 4.89. The SMILES string of the molecule is O=C(O)C(Cc1ccccc1)NC(=O)C1CCCN1C(=O)OCc1ccccc1. The summed E-state index contributed by atoms with van der Waals surface area (Å²) in [6, 6.07) is 16.6. The van der Waals surface area contributed by atoms with Crippen molar-refractivity contribution in [2.75, 3.05) is 6.54 Å². The maximum atomic E-state index is 12.7. The van der Waals surface area contributed by atoms with E-state index in [2.05, 4.69) is 5.32 Å². The van der Waals surface area contributed by atoms with E-state index in [0.717, 1.165) is 11.1 Å². The molecule has 2 N–H and O–H groups in total. The number of nitrogens with zero attached hydrogens (tertiary/aromatic N) is 1. The summed E-state index contributed by atoms with van der Waals surface area (Å²) in [5, 5.41) is 12.1. The van der Waals surface area contributed by atoms with Crippen molar-refractivity contribution in [1.29, 1.82) is 0 Å². The number of likely N-dealkylation sites (tertiary alicyclic amines) is 1. The van der Waals surface area contributed by atoms with Crippen molar-refractivity contribution in [2.24, 2.45) is 0 Å². The van der Waals surface area contributed by atoms with Crippen molar-refractivity contribution < 1.29 is 24.2 Å². The van der Waals surface area contributed by atoms with E-state index in [1.807, 2.05) is 60.7 Å². The third kappa shape index (κ3) is 5.57. The van der Waals surface area contributed by atoms with Gasteiger partial charge in [0.2, 0.25) is 5.91 Å². The minimum atomic E-state index is -1.11. The van der Waals surface area contributed by atoms with Crippen molar-refractivity contribution in [1.82, 2.24) is 10.2 Å². The van der Waals surface area contributed by atoms with Gasteiger partial charge in [-0.15, -0.1) is 0 Å². The molecule has 2 atom stereocenters. The molecule has 7 heteroatoms. The monoisotopic (exact) mass is 396 g/mol.